The molecule has 1 aromatic carbocycles. The zero-order valence-electron chi connectivity index (χ0n) is 13.2. The molecule has 0 N–H and O–H groups in total. The van der Waals surface area contributed by atoms with Crippen LogP contribution in [0.3, 0.4) is 0 Å². The van der Waals surface area contributed by atoms with Gasteiger partial charge >= 0.3 is 5.97 Å². The zero-order valence-corrected chi connectivity index (χ0v) is 13.2. The van der Waals surface area contributed by atoms with Crippen molar-refractivity contribution < 1.29 is 14.5 Å². The second kappa shape index (κ2) is 6.11. The van der Waals surface area contributed by atoms with E-state index >= 15 is 0 Å². The predicted molar refractivity (Wildman–Crippen MR) is 86.9 cm³/mol. The molecular formula is C17H15N3O4. The second-order valence-electron chi connectivity index (χ2n) is 5.51. The molecule has 0 atom stereocenters. The van der Waals surface area contributed by atoms with Crippen LogP contribution in [0.25, 0.3) is 5.65 Å². The lowest BCUT2D eigenvalue weighted by Crippen LogP contribution is -2.10. The monoisotopic (exact) mass is 325 g/mol. The molecule has 122 valence electrons. The van der Waals surface area contributed by atoms with E-state index in [4.69, 9.17) is 4.74 Å². The van der Waals surface area contributed by atoms with E-state index in [0.29, 0.717) is 11.3 Å². The molecule has 7 nitrogen and oxygen atoms in total. The van der Waals surface area contributed by atoms with Gasteiger partial charge in [0, 0.05) is 18.5 Å². The van der Waals surface area contributed by atoms with E-state index in [2.05, 4.69) is 4.98 Å². The molecule has 0 aliphatic carbocycles. The summed E-state index contributed by atoms with van der Waals surface area (Å²) in [7, 11) is 0. The van der Waals surface area contributed by atoms with E-state index in [9.17, 15) is 14.9 Å². The van der Waals surface area contributed by atoms with Gasteiger partial charge in [0.25, 0.3) is 5.69 Å². The molecule has 3 rings (SSSR count). The van der Waals surface area contributed by atoms with Gasteiger partial charge < -0.3 is 9.14 Å². The van der Waals surface area contributed by atoms with Crippen molar-refractivity contribution in [2.75, 3.05) is 0 Å². The Morgan fingerprint density at radius 2 is 2.04 bits per heavy atom. The average molecular weight is 325 g/mol. The summed E-state index contributed by atoms with van der Waals surface area (Å²) in [6.45, 7) is 3.55. The van der Waals surface area contributed by atoms with Gasteiger partial charge in [-0.3, -0.25) is 10.1 Å². The first kappa shape index (κ1) is 15.7. The number of carbonyl (C=O) groups is 1. The first-order chi connectivity index (χ1) is 11.5. The van der Waals surface area contributed by atoms with Crippen molar-refractivity contribution in [2.24, 2.45) is 0 Å². The molecule has 0 amide bonds. The molecule has 3 aromatic rings. The molecule has 24 heavy (non-hydrogen) atoms. The van der Waals surface area contributed by atoms with Crippen molar-refractivity contribution in [3.8, 4) is 0 Å². The molecule has 0 spiro atoms. The minimum Gasteiger partial charge on any atom is -0.455 e. The highest BCUT2D eigenvalue weighted by atomic mass is 16.6. The number of benzene rings is 1. The van der Waals surface area contributed by atoms with Crippen LogP contribution in [0.1, 0.15) is 27.2 Å². The van der Waals surface area contributed by atoms with E-state index in [-0.39, 0.29) is 17.9 Å². The van der Waals surface area contributed by atoms with Crippen molar-refractivity contribution in [1.82, 2.24) is 9.38 Å². The molecule has 7 heteroatoms. The molecule has 2 aromatic heterocycles. The van der Waals surface area contributed by atoms with E-state index < -0.39 is 10.9 Å². The number of aromatic nitrogens is 2. The van der Waals surface area contributed by atoms with Gasteiger partial charge in [-0.25, -0.2) is 9.78 Å². The Bertz CT molecular complexity index is 946. The highest BCUT2D eigenvalue weighted by molar-refractivity contribution is 5.95. The number of hydrogen-bond donors (Lipinski definition) is 0. The maximum Gasteiger partial charge on any atom is 0.345 e. The number of ether oxygens (including phenoxy) is 1. The topological polar surface area (TPSA) is 86.7 Å². The number of nitrogens with zero attached hydrogens (tertiary/aromatic N) is 3. The van der Waals surface area contributed by atoms with Gasteiger partial charge in [-0.1, -0.05) is 18.2 Å². The van der Waals surface area contributed by atoms with Gasteiger partial charge in [0.05, 0.1) is 10.6 Å². The number of carbonyl (C=O) groups excluding carboxylic acids is 1. The maximum atomic E-state index is 12.3. The average Bonchev–Trinajstić information content (AvgIpc) is 2.94. The first-order valence-corrected chi connectivity index (χ1v) is 7.31. The van der Waals surface area contributed by atoms with Crippen LogP contribution in [-0.2, 0) is 11.3 Å². The molecule has 0 bridgehead atoms. The largest absolute Gasteiger partial charge is 0.455 e. The number of imidazole rings is 1. The summed E-state index contributed by atoms with van der Waals surface area (Å²) in [6, 6.07) is 8.27. The van der Waals surface area contributed by atoms with Gasteiger partial charge in [0.2, 0.25) is 0 Å². The van der Waals surface area contributed by atoms with E-state index in [1.165, 1.54) is 12.1 Å². The van der Waals surface area contributed by atoms with Gasteiger partial charge in [-0.05, 0) is 31.0 Å². The summed E-state index contributed by atoms with van der Waals surface area (Å²) < 4.78 is 7.07. The SMILES string of the molecule is Cc1ccc2nc(COC(=O)c3c(C)cccc3[N+](=O)[O-])cn2c1. The highest BCUT2D eigenvalue weighted by Gasteiger charge is 2.23. The molecule has 0 aliphatic heterocycles. The normalized spacial score (nSPS) is 10.8. The second-order valence-corrected chi connectivity index (χ2v) is 5.51. The van der Waals surface area contributed by atoms with Crippen molar-refractivity contribution in [3.05, 3.63) is 75.2 Å². The molecule has 2 heterocycles. The Morgan fingerprint density at radius 3 is 2.79 bits per heavy atom. The Balaban J connectivity index is 1.81. The van der Waals surface area contributed by atoms with Crippen LogP contribution in [0.5, 0.6) is 0 Å². The zero-order chi connectivity index (χ0) is 17.3. The number of pyridine rings is 1. The summed E-state index contributed by atoms with van der Waals surface area (Å²) in [5, 5.41) is 11.1. The summed E-state index contributed by atoms with van der Waals surface area (Å²) in [4.78, 5) is 27.1. The van der Waals surface area contributed by atoms with Gasteiger partial charge in [-0.2, -0.15) is 0 Å². The van der Waals surface area contributed by atoms with Crippen LogP contribution in [0.2, 0.25) is 0 Å². The van der Waals surface area contributed by atoms with E-state index in [0.717, 1.165) is 11.2 Å². The van der Waals surface area contributed by atoms with Gasteiger partial charge in [0.15, 0.2) is 0 Å². The summed E-state index contributed by atoms with van der Waals surface area (Å²) >= 11 is 0. The lowest BCUT2D eigenvalue weighted by Gasteiger charge is -2.06. The van der Waals surface area contributed by atoms with Crippen molar-refractivity contribution in [1.29, 1.82) is 0 Å². The Labute approximate surface area is 137 Å². The summed E-state index contributed by atoms with van der Waals surface area (Å²) in [6.07, 6.45) is 3.68. The number of nitro groups is 1. The number of rotatable bonds is 4. The fourth-order valence-electron chi connectivity index (χ4n) is 2.51. The highest BCUT2D eigenvalue weighted by Crippen LogP contribution is 2.23. The number of hydrogen-bond acceptors (Lipinski definition) is 5. The van der Waals surface area contributed by atoms with E-state index in [1.54, 1.807) is 19.2 Å². The van der Waals surface area contributed by atoms with Crippen LogP contribution in [0.15, 0.2) is 42.7 Å². The fourth-order valence-corrected chi connectivity index (χ4v) is 2.51. The molecule has 0 fully saturated rings. The molecule has 0 aliphatic rings. The third-order valence-corrected chi connectivity index (χ3v) is 3.65. The minimum atomic E-state index is -0.729. The van der Waals surface area contributed by atoms with E-state index in [1.807, 2.05) is 29.7 Å². The predicted octanol–water partition coefficient (Wildman–Crippen LogP) is 3.22. The minimum absolute atomic E-state index is 0.0258. The third-order valence-electron chi connectivity index (χ3n) is 3.65. The molecule has 0 unspecified atom stereocenters. The van der Waals surface area contributed by atoms with Crippen LogP contribution in [0.4, 0.5) is 5.69 Å². The number of nitro benzene ring substituents is 1. The van der Waals surface area contributed by atoms with Gasteiger partial charge in [0.1, 0.15) is 17.8 Å². The van der Waals surface area contributed by atoms with Crippen molar-refractivity contribution >= 4 is 17.3 Å². The summed E-state index contributed by atoms with van der Waals surface area (Å²) in [5.41, 5.74) is 2.62. The summed E-state index contributed by atoms with van der Waals surface area (Å²) in [5.74, 6) is -0.729. The maximum absolute atomic E-state index is 12.3. The number of fused-ring (bicyclic) bond motifs is 1. The van der Waals surface area contributed by atoms with Crippen LogP contribution >= 0.6 is 0 Å². The third kappa shape index (κ3) is 2.96. The molecule has 0 saturated carbocycles. The van der Waals surface area contributed by atoms with Gasteiger partial charge in [-0.15, -0.1) is 0 Å². The number of esters is 1. The molecule has 0 radical (unpaired) electrons. The van der Waals surface area contributed by atoms with Crippen LogP contribution in [0, 0.1) is 24.0 Å². The quantitative estimate of drug-likeness (QED) is 0.417. The Hall–Kier alpha value is -3.22. The first-order valence-electron chi connectivity index (χ1n) is 7.31. The fraction of sp³-hybridized carbons (Fsp3) is 0.176. The Kier molecular flexibility index (Phi) is 3.99. The smallest absolute Gasteiger partial charge is 0.345 e. The Morgan fingerprint density at radius 1 is 1.25 bits per heavy atom. The number of aryl methyl sites for hydroxylation is 2. The lowest BCUT2D eigenvalue weighted by molar-refractivity contribution is -0.385. The van der Waals surface area contributed by atoms with Crippen LogP contribution in [-0.4, -0.2) is 20.3 Å². The van der Waals surface area contributed by atoms with Crippen molar-refractivity contribution in [3.63, 3.8) is 0 Å². The standard InChI is InChI=1S/C17H15N3O4/c1-11-6-7-15-18-13(9-19(15)8-11)10-24-17(21)16-12(2)4-3-5-14(16)20(22)23/h3-9H,10H2,1-2H3. The van der Waals surface area contributed by atoms with Crippen LogP contribution < -0.4 is 0 Å². The van der Waals surface area contributed by atoms with Crippen molar-refractivity contribution in [2.45, 2.75) is 20.5 Å². The lowest BCUT2D eigenvalue weighted by atomic mass is 10.1. The molecular weight excluding hydrogens is 310 g/mol. The molecule has 0 saturated heterocycles.